The summed E-state index contributed by atoms with van der Waals surface area (Å²) in [7, 11) is 0. The molecule has 1 aliphatic heterocycles. The van der Waals surface area contributed by atoms with Crippen LogP contribution in [0.3, 0.4) is 0 Å². The zero-order chi connectivity index (χ0) is 18.7. The first-order chi connectivity index (χ1) is 12.5. The number of carbonyl (C=O) groups is 2. The summed E-state index contributed by atoms with van der Waals surface area (Å²) < 4.78 is 14.0. The second-order valence-corrected chi connectivity index (χ2v) is 6.51. The van der Waals surface area contributed by atoms with Crippen LogP contribution in [0.1, 0.15) is 17.3 Å². The Morgan fingerprint density at radius 1 is 1.04 bits per heavy atom. The highest BCUT2D eigenvalue weighted by molar-refractivity contribution is 6.33. The number of hydrogen-bond donors (Lipinski definition) is 1. The molecule has 3 rings (SSSR count). The third-order valence-electron chi connectivity index (χ3n) is 4.30. The van der Waals surface area contributed by atoms with E-state index in [-0.39, 0.29) is 22.4 Å². The summed E-state index contributed by atoms with van der Waals surface area (Å²) >= 11 is 5.99. The summed E-state index contributed by atoms with van der Waals surface area (Å²) in [5, 5.41) is 2.86. The first kappa shape index (κ1) is 18.2. The zero-order valence-electron chi connectivity index (χ0n) is 14.3. The highest BCUT2D eigenvalue weighted by Crippen LogP contribution is 2.23. The number of benzene rings is 2. The van der Waals surface area contributed by atoms with Crippen molar-refractivity contribution >= 4 is 34.8 Å². The fourth-order valence-electron chi connectivity index (χ4n) is 2.99. The van der Waals surface area contributed by atoms with E-state index in [1.165, 1.54) is 25.1 Å². The van der Waals surface area contributed by atoms with Gasteiger partial charge in [-0.05, 0) is 36.4 Å². The van der Waals surface area contributed by atoms with Gasteiger partial charge in [0, 0.05) is 44.5 Å². The Morgan fingerprint density at radius 3 is 2.27 bits per heavy atom. The van der Waals surface area contributed by atoms with E-state index < -0.39 is 5.82 Å². The minimum atomic E-state index is -0.599. The third kappa shape index (κ3) is 3.96. The van der Waals surface area contributed by atoms with Crippen LogP contribution in [0.15, 0.2) is 42.5 Å². The highest BCUT2D eigenvalue weighted by Gasteiger charge is 2.25. The van der Waals surface area contributed by atoms with Crippen LogP contribution in [-0.2, 0) is 4.79 Å². The lowest BCUT2D eigenvalue weighted by Crippen LogP contribution is -2.49. The van der Waals surface area contributed by atoms with Crippen molar-refractivity contribution < 1.29 is 14.0 Å². The summed E-state index contributed by atoms with van der Waals surface area (Å²) in [6.07, 6.45) is 0. The van der Waals surface area contributed by atoms with E-state index in [2.05, 4.69) is 10.2 Å². The van der Waals surface area contributed by atoms with Crippen LogP contribution in [-0.4, -0.2) is 42.9 Å². The van der Waals surface area contributed by atoms with Crippen molar-refractivity contribution in [2.45, 2.75) is 6.92 Å². The van der Waals surface area contributed by atoms with E-state index in [0.29, 0.717) is 26.2 Å². The van der Waals surface area contributed by atoms with Gasteiger partial charge in [-0.1, -0.05) is 17.7 Å². The lowest BCUT2D eigenvalue weighted by molar-refractivity contribution is -0.114. The van der Waals surface area contributed by atoms with Crippen LogP contribution in [0, 0.1) is 5.82 Å². The number of nitrogens with zero attached hydrogens (tertiary/aromatic N) is 2. The average molecular weight is 376 g/mol. The van der Waals surface area contributed by atoms with Crippen LogP contribution in [0.25, 0.3) is 0 Å². The number of amides is 2. The first-order valence-electron chi connectivity index (χ1n) is 8.31. The van der Waals surface area contributed by atoms with Crippen molar-refractivity contribution in [3.8, 4) is 0 Å². The topological polar surface area (TPSA) is 52.7 Å². The van der Waals surface area contributed by atoms with Gasteiger partial charge < -0.3 is 15.1 Å². The number of hydrogen-bond acceptors (Lipinski definition) is 3. The Balaban J connectivity index is 1.64. The molecule has 1 N–H and O–H groups in total. The van der Waals surface area contributed by atoms with Gasteiger partial charge in [0.05, 0.1) is 10.6 Å². The molecule has 1 saturated heterocycles. The SMILES string of the molecule is CC(=O)Nc1ccc(N2CCN(C(=O)c3c(F)cccc3Cl)CC2)cc1. The van der Waals surface area contributed by atoms with Crippen molar-refractivity contribution in [1.82, 2.24) is 4.90 Å². The number of rotatable bonds is 3. The molecule has 1 heterocycles. The van der Waals surface area contributed by atoms with Crippen LogP contribution >= 0.6 is 11.6 Å². The van der Waals surface area contributed by atoms with Crippen molar-refractivity contribution in [3.05, 3.63) is 58.9 Å². The predicted molar refractivity (Wildman–Crippen MR) is 100 cm³/mol. The highest BCUT2D eigenvalue weighted by atomic mass is 35.5. The van der Waals surface area contributed by atoms with Gasteiger partial charge in [-0.3, -0.25) is 9.59 Å². The number of nitrogens with one attached hydrogen (secondary N) is 1. The summed E-state index contributed by atoms with van der Waals surface area (Å²) in [6.45, 7) is 3.70. The molecule has 2 aromatic rings. The Labute approximate surface area is 156 Å². The van der Waals surface area contributed by atoms with E-state index in [1.54, 1.807) is 4.90 Å². The molecule has 1 aliphatic rings. The lowest BCUT2D eigenvalue weighted by atomic mass is 10.1. The van der Waals surface area contributed by atoms with Gasteiger partial charge in [-0.15, -0.1) is 0 Å². The monoisotopic (exact) mass is 375 g/mol. The minimum Gasteiger partial charge on any atom is -0.368 e. The van der Waals surface area contributed by atoms with Crippen molar-refractivity contribution in [2.75, 3.05) is 36.4 Å². The predicted octanol–water partition coefficient (Wildman–Crippen LogP) is 3.40. The molecule has 0 radical (unpaired) electrons. The molecule has 0 bridgehead atoms. The number of anilines is 2. The van der Waals surface area contributed by atoms with E-state index in [9.17, 15) is 14.0 Å². The Bertz CT molecular complexity index is 798. The maximum atomic E-state index is 14.0. The number of halogens is 2. The van der Waals surface area contributed by atoms with Gasteiger partial charge in [0.1, 0.15) is 5.82 Å². The smallest absolute Gasteiger partial charge is 0.258 e. The average Bonchev–Trinajstić information content (AvgIpc) is 2.62. The molecule has 0 aliphatic carbocycles. The normalized spacial score (nSPS) is 14.3. The van der Waals surface area contributed by atoms with Gasteiger partial charge in [0.2, 0.25) is 5.91 Å². The van der Waals surface area contributed by atoms with E-state index >= 15 is 0 Å². The first-order valence-corrected chi connectivity index (χ1v) is 8.69. The van der Waals surface area contributed by atoms with Crippen molar-refractivity contribution in [2.24, 2.45) is 0 Å². The van der Waals surface area contributed by atoms with Gasteiger partial charge in [0.15, 0.2) is 0 Å². The van der Waals surface area contributed by atoms with Crippen molar-refractivity contribution in [1.29, 1.82) is 0 Å². The molecular weight excluding hydrogens is 357 g/mol. The fraction of sp³-hybridized carbons (Fsp3) is 0.263. The zero-order valence-corrected chi connectivity index (χ0v) is 15.1. The van der Waals surface area contributed by atoms with Crippen LogP contribution < -0.4 is 10.2 Å². The Kier molecular flexibility index (Phi) is 5.42. The van der Waals surface area contributed by atoms with Crippen LogP contribution in [0.4, 0.5) is 15.8 Å². The molecule has 1 fully saturated rings. The van der Waals surface area contributed by atoms with Crippen LogP contribution in [0.5, 0.6) is 0 Å². The molecule has 26 heavy (non-hydrogen) atoms. The Hall–Kier alpha value is -2.60. The molecule has 7 heteroatoms. The number of carbonyl (C=O) groups excluding carboxylic acids is 2. The maximum absolute atomic E-state index is 14.0. The van der Waals surface area contributed by atoms with E-state index in [4.69, 9.17) is 11.6 Å². The van der Waals surface area contributed by atoms with Crippen LogP contribution in [0.2, 0.25) is 5.02 Å². The Morgan fingerprint density at radius 2 is 1.69 bits per heavy atom. The molecule has 0 unspecified atom stereocenters. The molecule has 5 nitrogen and oxygen atoms in total. The maximum Gasteiger partial charge on any atom is 0.258 e. The molecule has 0 saturated carbocycles. The van der Waals surface area contributed by atoms with Crippen molar-refractivity contribution in [3.63, 3.8) is 0 Å². The summed E-state index contributed by atoms with van der Waals surface area (Å²) in [5.74, 6) is -1.09. The van der Waals surface area contributed by atoms with Gasteiger partial charge in [-0.2, -0.15) is 0 Å². The second kappa shape index (κ2) is 7.74. The largest absolute Gasteiger partial charge is 0.368 e. The third-order valence-corrected chi connectivity index (χ3v) is 4.61. The van der Waals surface area contributed by atoms with Gasteiger partial charge >= 0.3 is 0 Å². The number of piperazine rings is 1. The van der Waals surface area contributed by atoms with E-state index in [0.717, 1.165) is 11.4 Å². The standard InChI is InChI=1S/C19H19ClFN3O2/c1-13(25)22-14-5-7-15(8-6-14)23-9-11-24(12-10-23)19(26)18-16(20)3-2-4-17(18)21/h2-8H,9-12H2,1H3,(H,22,25). The fourth-order valence-corrected chi connectivity index (χ4v) is 3.23. The lowest BCUT2D eigenvalue weighted by Gasteiger charge is -2.36. The molecular formula is C19H19ClFN3O2. The summed E-state index contributed by atoms with van der Waals surface area (Å²) in [4.78, 5) is 27.4. The second-order valence-electron chi connectivity index (χ2n) is 6.10. The molecule has 136 valence electrons. The van der Waals surface area contributed by atoms with Gasteiger partial charge in [-0.25, -0.2) is 4.39 Å². The quantitative estimate of drug-likeness (QED) is 0.894. The molecule has 2 aromatic carbocycles. The van der Waals surface area contributed by atoms with E-state index in [1.807, 2.05) is 24.3 Å². The molecule has 2 amide bonds. The van der Waals surface area contributed by atoms with Gasteiger partial charge in [0.25, 0.3) is 5.91 Å². The summed E-state index contributed by atoms with van der Waals surface area (Å²) in [6, 6.07) is 11.8. The molecule has 0 spiro atoms. The minimum absolute atomic E-state index is 0.0673. The molecule has 0 atom stereocenters. The molecule has 0 aromatic heterocycles. The summed E-state index contributed by atoms with van der Waals surface area (Å²) in [5.41, 5.74) is 1.68.